The average Bonchev–Trinajstić information content (AvgIpc) is 2.55. The summed E-state index contributed by atoms with van der Waals surface area (Å²) in [7, 11) is 0. The van der Waals surface area contributed by atoms with Crippen molar-refractivity contribution in [1.82, 2.24) is 20.1 Å². The molecule has 55 valence electrons. The molecule has 0 saturated carbocycles. The van der Waals surface area contributed by atoms with E-state index in [4.69, 9.17) is 0 Å². The van der Waals surface area contributed by atoms with Crippen LogP contribution in [0.1, 0.15) is 5.82 Å². The minimum absolute atomic E-state index is 0.688. The van der Waals surface area contributed by atoms with Gasteiger partial charge >= 0.3 is 5.95 Å². The molecular weight excluding hydrogens is 140 g/mol. The minimum atomic E-state index is 0.688. The van der Waals surface area contributed by atoms with Crippen LogP contribution >= 0.6 is 0 Å². The Kier molecular flexibility index (Phi) is 1.33. The molecule has 11 heavy (non-hydrogen) atoms. The molecule has 0 aliphatic carbocycles. The summed E-state index contributed by atoms with van der Waals surface area (Å²) < 4.78 is 0. The maximum absolute atomic E-state index is 4.15. The van der Waals surface area contributed by atoms with Crippen LogP contribution in [0.15, 0.2) is 24.6 Å². The zero-order valence-electron chi connectivity index (χ0n) is 6.15. The molecule has 0 aromatic carbocycles. The molecule has 4 heteroatoms. The highest BCUT2D eigenvalue weighted by atomic mass is 15.3. The number of hydrogen-bond acceptors (Lipinski definition) is 3. The Bertz CT molecular complexity index is 298. The molecule has 0 spiro atoms. The number of rotatable bonds is 1. The van der Waals surface area contributed by atoms with Gasteiger partial charge in [0.05, 0.1) is 0 Å². The molecule has 4 nitrogen and oxygen atoms in total. The van der Waals surface area contributed by atoms with E-state index in [1.54, 1.807) is 0 Å². The third-order valence-corrected chi connectivity index (χ3v) is 1.42. The number of anilines is 1. The van der Waals surface area contributed by atoms with E-state index in [1.165, 1.54) is 0 Å². The van der Waals surface area contributed by atoms with Gasteiger partial charge in [-0.15, -0.1) is 0 Å². The van der Waals surface area contributed by atoms with E-state index in [0.717, 1.165) is 5.82 Å². The van der Waals surface area contributed by atoms with Crippen LogP contribution in [0.25, 0.3) is 0 Å². The predicted molar refractivity (Wildman–Crippen MR) is 41.2 cm³/mol. The number of nitrogens with zero attached hydrogens (tertiary/aromatic N) is 3. The van der Waals surface area contributed by atoms with Gasteiger partial charge in [-0.25, -0.2) is 0 Å². The smallest absolute Gasteiger partial charge is 0.258 e. The molecule has 1 radical (unpaired) electrons. The average molecular weight is 148 g/mol. The van der Waals surface area contributed by atoms with Crippen LogP contribution in [-0.2, 0) is 0 Å². The van der Waals surface area contributed by atoms with Crippen molar-refractivity contribution in [3.63, 3.8) is 0 Å². The van der Waals surface area contributed by atoms with E-state index in [1.807, 2.05) is 36.4 Å². The fourth-order valence-electron chi connectivity index (χ4n) is 0.914. The molecule has 0 saturated heterocycles. The van der Waals surface area contributed by atoms with Gasteiger partial charge in [0.25, 0.3) is 0 Å². The van der Waals surface area contributed by atoms with Gasteiger partial charge in [0.1, 0.15) is 5.82 Å². The quantitative estimate of drug-likeness (QED) is 0.602. The van der Waals surface area contributed by atoms with Crippen LogP contribution in [-0.4, -0.2) is 15.2 Å². The van der Waals surface area contributed by atoms with Crippen LogP contribution in [0.5, 0.6) is 0 Å². The number of aromatic amines is 1. The van der Waals surface area contributed by atoms with Gasteiger partial charge in [0, 0.05) is 12.2 Å². The van der Waals surface area contributed by atoms with E-state index >= 15 is 0 Å². The number of nitrogens with one attached hydrogen (secondary N) is 1. The summed E-state index contributed by atoms with van der Waals surface area (Å²) in [6.07, 6.45) is 7.68. The lowest BCUT2D eigenvalue weighted by Gasteiger charge is -1.86. The summed E-state index contributed by atoms with van der Waals surface area (Å²) in [5, 5.41) is 6.76. The number of hydrogen-bond donors (Lipinski definition) is 1. The predicted octanol–water partition coefficient (Wildman–Crippen LogP) is 0.926. The van der Waals surface area contributed by atoms with Gasteiger partial charge < -0.3 is 0 Å². The second-order valence-corrected chi connectivity index (χ2v) is 2.31. The first-order valence-electron chi connectivity index (χ1n) is 3.38. The fraction of sp³-hybridized carbons (Fsp3) is 0.143. The zero-order valence-corrected chi connectivity index (χ0v) is 6.15. The van der Waals surface area contributed by atoms with Gasteiger partial charge in [-0.2, -0.15) is 4.98 Å². The van der Waals surface area contributed by atoms with Crippen molar-refractivity contribution in [3.8, 4) is 0 Å². The Morgan fingerprint density at radius 1 is 1.36 bits per heavy atom. The first-order chi connectivity index (χ1) is 5.36. The summed E-state index contributed by atoms with van der Waals surface area (Å²) in [6.45, 7) is 1.88. The van der Waals surface area contributed by atoms with Gasteiger partial charge in [0.2, 0.25) is 0 Å². The van der Waals surface area contributed by atoms with Crippen LogP contribution in [0, 0.1) is 6.92 Å². The molecule has 0 amide bonds. The molecular formula is C7H8N4+. The van der Waals surface area contributed by atoms with Gasteiger partial charge in [-0.3, -0.25) is 5.10 Å². The lowest BCUT2D eigenvalue weighted by atomic mass is 10.6. The van der Waals surface area contributed by atoms with Gasteiger partial charge in [0.15, 0.2) is 12.4 Å². The van der Waals surface area contributed by atoms with E-state index in [-0.39, 0.29) is 0 Å². The van der Waals surface area contributed by atoms with Crippen molar-refractivity contribution in [2.75, 3.05) is 0 Å². The van der Waals surface area contributed by atoms with E-state index < -0.39 is 0 Å². The molecule has 1 aliphatic heterocycles. The van der Waals surface area contributed by atoms with Gasteiger partial charge in [-0.1, -0.05) is 5.10 Å². The van der Waals surface area contributed by atoms with Crippen molar-refractivity contribution >= 4 is 5.95 Å². The highest BCUT2D eigenvalue weighted by molar-refractivity contribution is 5.30. The zero-order chi connectivity index (χ0) is 7.68. The molecule has 1 N–H and O–H groups in total. The number of allylic oxidation sites excluding steroid dienone is 2. The summed E-state index contributed by atoms with van der Waals surface area (Å²) in [4.78, 5) is 6.00. The van der Waals surface area contributed by atoms with E-state index in [0.29, 0.717) is 5.95 Å². The molecule has 0 bridgehead atoms. The largest absolute Gasteiger partial charge is 0.407 e. The second-order valence-electron chi connectivity index (χ2n) is 2.31. The molecule has 1 aromatic heterocycles. The second kappa shape index (κ2) is 2.32. The lowest BCUT2D eigenvalue weighted by Crippen LogP contribution is -2.06. The van der Waals surface area contributed by atoms with E-state index in [2.05, 4.69) is 15.2 Å². The van der Waals surface area contributed by atoms with Crippen molar-refractivity contribution in [2.24, 2.45) is 0 Å². The summed E-state index contributed by atoms with van der Waals surface area (Å²) in [5.74, 6) is 1.52. The topological polar surface area (TPSA) is 47.5 Å². The first-order valence-corrected chi connectivity index (χ1v) is 3.38. The first kappa shape index (κ1) is 6.30. The Morgan fingerprint density at radius 3 is 2.64 bits per heavy atom. The van der Waals surface area contributed by atoms with Crippen molar-refractivity contribution in [3.05, 3.63) is 30.4 Å². The molecule has 0 fully saturated rings. The Morgan fingerprint density at radius 2 is 2.09 bits per heavy atom. The monoisotopic (exact) mass is 148 g/mol. The third-order valence-electron chi connectivity index (χ3n) is 1.42. The normalized spacial score (nSPS) is 16.5. The van der Waals surface area contributed by atoms with Crippen LogP contribution in [0.3, 0.4) is 0 Å². The Hall–Kier alpha value is -1.42. The maximum Gasteiger partial charge on any atom is 0.407 e. The van der Waals surface area contributed by atoms with Crippen molar-refractivity contribution in [2.45, 2.75) is 6.92 Å². The van der Waals surface area contributed by atoms with Crippen LogP contribution in [0.4, 0.5) is 5.95 Å². The SMILES string of the molecule is Cc1nc([N+]2C=CC=C2)n[nH]1. The van der Waals surface area contributed by atoms with Crippen LogP contribution in [0.2, 0.25) is 0 Å². The molecule has 0 atom stereocenters. The van der Waals surface area contributed by atoms with E-state index in [9.17, 15) is 0 Å². The summed E-state index contributed by atoms with van der Waals surface area (Å²) in [5.41, 5.74) is 0. The summed E-state index contributed by atoms with van der Waals surface area (Å²) in [6, 6.07) is 0. The van der Waals surface area contributed by atoms with Gasteiger partial charge in [-0.05, 0) is 11.8 Å². The molecule has 1 aromatic rings. The molecule has 2 heterocycles. The Labute approximate surface area is 64.2 Å². The number of aryl methyl sites for hydroxylation is 1. The Balaban J connectivity index is 2.29. The van der Waals surface area contributed by atoms with Crippen LogP contribution < -0.4 is 4.90 Å². The highest BCUT2D eigenvalue weighted by Crippen LogP contribution is 2.10. The standard InChI is InChI=1S/C7H8N4/c1-6-8-7(10-9-6)11-4-2-3-5-11/h2-5H,1H3,(H,8,9,10)/q+1. The number of aromatic nitrogens is 3. The van der Waals surface area contributed by atoms with Crippen molar-refractivity contribution in [1.29, 1.82) is 0 Å². The maximum atomic E-state index is 4.15. The molecule has 2 rings (SSSR count). The summed E-state index contributed by atoms with van der Waals surface area (Å²) >= 11 is 0. The highest BCUT2D eigenvalue weighted by Gasteiger charge is 2.20. The molecule has 1 aliphatic rings. The lowest BCUT2D eigenvalue weighted by molar-refractivity contribution is 0.840. The fourth-order valence-corrected chi connectivity index (χ4v) is 0.914. The third kappa shape index (κ3) is 1.08. The molecule has 0 unspecified atom stereocenters. The number of H-pyrrole nitrogens is 1. The minimum Gasteiger partial charge on any atom is -0.258 e. The van der Waals surface area contributed by atoms with Crippen molar-refractivity contribution < 1.29 is 0 Å².